The van der Waals surface area contributed by atoms with Crippen LogP contribution in [0.25, 0.3) is 0 Å². The van der Waals surface area contributed by atoms with Crippen molar-refractivity contribution in [3.63, 3.8) is 0 Å². The van der Waals surface area contributed by atoms with E-state index in [0.717, 1.165) is 11.6 Å². The van der Waals surface area contributed by atoms with Crippen LogP contribution >= 0.6 is 11.3 Å². The standard InChI is InChI=1S/C11H10F2N2S/c12-8-1-2-9(14)11(10(8)13)15-5-7-3-4-16-6-7/h1-4,6,15H,5,14H2. The molecule has 0 spiro atoms. The van der Waals surface area contributed by atoms with E-state index >= 15 is 0 Å². The first-order valence-corrected chi connectivity index (χ1v) is 5.61. The molecular formula is C11H10F2N2S. The van der Waals surface area contributed by atoms with E-state index in [-0.39, 0.29) is 11.4 Å². The van der Waals surface area contributed by atoms with Crippen LogP contribution in [0.3, 0.4) is 0 Å². The number of nitrogens with two attached hydrogens (primary N) is 1. The first-order valence-electron chi connectivity index (χ1n) is 4.67. The first kappa shape index (κ1) is 10.9. The Morgan fingerprint density at radius 1 is 1.25 bits per heavy atom. The summed E-state index contributed by atoms with van der Waals surface area (Å²) in [5.41, 5.74) is 6.79. The van der Waals surface area contributed by atoms with Gasteiger partial charge >= 0.3 is 0 Å². The van der Waals surface area contributed by atoms with Crippen molar-refractivity contribution in [1.82, 2.24) is 0 Å². The number of hydrogen-bond donors (Lipinski definition) is 2. The average Bonchev–Trinajstić information content (AvgIpc) is 2.77. The predicted octanol–water partition coefficient (Wildman–Crippen LogP) is 3.22. The van der Waals surface area contributed by atoms with Gasteiger partial charge in [-0.15, -0.1) is 0 Å². The second-order valence-electron chi connectivity index (χ2n) is 3.31. The molecule has 16 heavy (non-hydrogen) atoms. The molecule has 0 aliphatic rings. The molecule has 0 saturated heterocycles. The summed E-state index contributed by atoms with van der Waals surface area (Å²) in [7, 11) is 0. The summed E-state index contributed by atoms with van der Waals surface area (Å²) in [4.78, 5) is 0. The Bertz CT molecular complexity index is 483. The van der Waals surface area contributed by atoms with Crippen LogP contribution < -0.4 is 11.1 Å². The molecule has 1 aromatic heterocycles. The number of anilines is 2. The van der Waals surface area contributed by atoms with Gasteiger partial charge < -0.3 is 11.1 Å². The Balaban J connectivity index is 2.18. The van der Waals surface area contributed by atoms with E-state index in [1.54, 1.807) is 11.3 Å². The predicted molar refractivity (Wildman–Crippen MR) is 62.4 cm³/mol. The van der Waals surface area contributed by atoms with Crippen LogP contribution in [0.15, 0.2) is 29.0 Å². The van der Waals surface area contributed by atoms with Crippen LogP contribution in [0.4, 0.5) is 20.2 Å². The molecule has 0 bridgehead atoms. The SMILES string of the molecule is Nc1ccc(F)c(F)c1NCc1ccsc1. The topological polar surface area (TPSA) is 38.0 Å². The van der Waals surface area contributed by atoms with Crippen molar-refractivity contribution in [1.29, 1.82) is 0 Å². The molecule has 0 aliphatic carbocycles. The van der Waals surface area contributed by atoms with E-state index in [9.17, 15) is 8.78 Å². The summed E-state index contributed by atoms with van der Waals surface area (Å²) in [6.45, 7) is 0.425. The molecule has 5 heteroatoms. The fraction of sp³-hybridized carbons (Fsp3) is 0.0909. The third-order valence-electron chi connectivity index (χ3n) is 2.18. The smallest absolute Gasteiger partial charge is 0.183 e. The number of benzene rings is 1. The van der Waals surface area contributed by atoms with Gasteiger partial charge in [0.1, 0.15) is 0 Å². The number of halogens is 2. The molecule has 0 unspecified atom stereocenters. The van der Waals surface area contributed by atoms with Gasteiger partial charge in [0, 0.05) is 6.54 Å². The molecule has 3 N–H and O–H groups in total. The minimum Gasteiger partial charge on any atom is -0.397 e. The Kier molecular flexibility index (Phi) is 3.05. The molecular weight excluding hydrogens is 230 g/mol. The van der Waals surface area contributed by atoms with Crippen LogP contribution in [0.1, 0.15) is 5.56 Å². The Morgan fingerprint density at radius 3 is 2.75 bits per heavy atom. The second kappa shape index (κ2) is 4.49. The summed E-state index contributed by atoms with van der Waals surface area (Å²) in [6, 6.07) is 4.26. The van der Waals surface area contributed by atoms with Gasteiger partial charge in [-0.2, -0.15) is 11.3 Å². The van der Waals surface area contributed by atoms with Crippen LogP contribution in [0.2, 0.25) is 0 Å². The first-order chi connectivity index (χ1) is 7.68. The summed E-state index contributed by atoms with van der Waals surface area (Å²) in [5, 5.41) is 6.64. The molecule has 1 heterocycles. The molecule has 2 aromatic rings. The number of hydrogen-bond acceptors (Lipinski definition) is 3. The third-order valence-corrected chi connectivity index (χ3v) is 2.91. The van der Waals surface area contributed by atoms with Gasteiger partial charge in [0.15, 0.2) is 11.6 Å². The zero-order chi connectivity index (χ0) is 11.5. The fourth-order valence-electron chi connectivity index (χ4n) is 1.33. The van der Waals surface area contributed by atoms with E-state index in [4.69, 9.17) is 5.73 Å². The van der Waals surface area contributed by atoms with E-state index in [2.05, 4.69) is 5.32 Å². The van der Waals surface area contributed by atoms with Crippen molar-refractivity contribution < 1.29 is 8.78 Å². The monoisotopic (exact) mass is 240 g/mol. The summed E-state index contributed by atoms with van der Waals surface area (Å²) in [5.74, 6) is -1.84. The summed E-state index contributed by atoms with van der Waals surface area (Å²) in [6.07, 6.45) is 0. The number of rotatable bonds is 3. The quantitative estimate of drug-likeness (QED) is 0.808. The van der Waals surface area contributed by atoms with Crippen molar-refractivity contribution in [3.05, 3.63) is 46.2 Å². The highest BCUT2D eigenvalue weighted by molar-refractivity contribution is 7.07. The molecule has 0 atom stereocenters. The second-order valence-corrected chi connectivity index (χ2v) is 4.09. The fourth-order valence-corrected chi connectivity index (χ4v) is 2.00. The molecule has 0 radical (unpaired) electrons. The van der Waals surface area contributed by atoms with E-state index in [1.807, 2.05) is 16.8 Å². The van der Waals surface area contributed by atoms with Crippen molar-refractivity contribution in [2.75, 3.05) is 11.1 Å². The van der Waals surface area contributed by atoms with Crippen LogP contribution in [0, 0.1) is 11.6 Å². The van der Waals surface area contributed by atoms with Crippen LogP contribution in [-0.2, 0) is 6.54 Å². The van der Waals surface area contributed by atoms with Gasteiger partial charge in [-0.1, -0.05) is 0 Å². The molecule has 1 aromatic carbocycles. The molecule has 0 fully saturated rings. The molecule has 2 rings (SSSR count). The summed E-state index contributed by atoms with van der Waals surface area (Å²) < 4.78 is 26.3. The van der Waals surface area contributed by atoms with Gasteiger partial charge in [-0.05, 0) is 34.5 Å². The van der Waals surface area contributed by atoms with Crippen LogP contribution in [0.5, 0.6) is 0 Å². The maximum absolute atomic E-state index is 13.4. The van der Waals surface area contributed by atoms with Gasteiger partial charge in [0.05, 0.1) is 11.4 Å². The lowest BCUT2D eigenvalue weighted by Gasteiger charge is -2.09. The Morgan fingerprint density at radius 2 is 2.06 bits per heavy atom. The number of thiophene rings is 1. The van der Waals surface area contributed by atoms with E-state index in [1.165, 1.54) is 6.07 Å². The lowest BCUT2D eigenvalue weighted by molar-refractivity contribution is 0.511. The number of nitrogens with one attached hydrogen (secondary N) is 1. The van der Waals surface area contributed by atoms with Crippen molar-refractivity contribution >= 4 is 22.7 Å². The lowest BCUT2D eigenvalue weighted by atomic mass is 10.2. The van der Waals surface area contributed by atoms with Gasteiger partial charge in [-0.25, -0.2) is 8.78 Å². The zero-order valence-electron chi connectivity index (χ0n) is 8.34. The average molecular weight is 240 g/mol. The Labute approximate surface area is 95.7 Å². The molecule has 0 saturated carbocycles. The third kappa shape index (κ3) is 2.14. The molecule has 2 nitrogen and oxygen atoms in total. The summed E-state index contributed by atoms with van der Waals surface area (Å²) >= 11 is 1.55. The van der Waals surface area contributed by atoms with E-state index in [0.29, 0.717) is 6.54 Å². The van der Waals surface area contributed by atoms with Gasteiger partial charge in [0.25, 0.3) is 0 Å². The minimum absolute atomic E-state index is 0.0196. The normalized spacial score (nSPS) is 10.4. The largest absolute Gasteiger partial charge is 0.397 e. The molecule has 0 amide bonds. The highest BCUT2D eigenvalue weighted by Crippen LogP contribution is 2.25. The van der Waals surface area contributed by atoms with Gasteiger partial charge in [-0.3, -0.25) is 0 Å². The van der Waals surface area contributed by atoms with Crippen molar-refractivity contribution in [2.45, 2.75) is 6.54 Å². The highest BCUT2D eigenvalue weighted by Gasteiger charge is 2.11. The van der Waals surface area contributed by atoms with Gasteiger partial charge in [0.2, 0.25) is 0 Å². The lowest BCUT2D eigenvalue weighted by Crippen LogP contribution is -2.05. The minimum atomic E-state index is -0.935. The highest BCUT2D eigenvalue weighted by atomic mass is 32.1. The van der Waals surface area contributed by atoms with E-state index < -0.39 is 11.6 Å². The zero-order valence-corrected chi connectivity index (χ0v) is 9.15. The maximum Gasteiger partial charge on any atom is 0.183 e. The maximum atomic E-state index is 13.4. The number of nitrogen functional groups attached to an aromatic ring is 1. The van der Waals surface area contributed by atoms with Crippen LogP contribution in [-0.4, -0.2) is 0 Å². The van der Waals surface area contributed by atoms with Crippen molar-refractivity contribution in [2.24, 2.45) is 0 Å². The Hall–Kier alpha value is -1.62. The molecule has 0 aliphatic heterocycles. The van der Waals surface area contributed by atoms with Crippen molar-refractivity contribution in [3.8, 4) is 0 Å². The molecule has 84 valence electrons.